The van der Waals surface area contributed by atoms with E-state index < -0.39 is 0 Å². The molecule has 1 rings (SSSR count). The first-order valence-corrected chi connectivity index (χ1v) is 7.27. The van der Waals surface area contributed by atoms with Crippen molar-refractivity contribution in [2.45, 2.75) is 39.7 Å². The molecule has 0 saturated carbocycles. The zero-order chi connectivity index (χ0) is 15.0. The van der Waals surface area contributed by atoms with Crippen LogP contribution in [0.5, 0.6) is 11.5 Å². The molecule has 112 valence electrons. The third-order valence-corrected chi connectivity index (χ3v) is 3.17. The molecule has 3 nitrogen and oxygen atoms in total. The van der Waals surface area contributed by atoms with Crippen molar-refractivity contribution in [3.63, 3.8) is 0 Å². The zero-order valence-corrected chi connectivity index (χ0v) is 13.2. The van der Waals surface area contributed by atoms with E-state index in [0.29, 0.717) is 6.61 Å². The van der Waals surface area contributed by atoms with Crippen molar-refractivity contribution in [1.29, 1.82) is 0 Å². The lowest BCUT2D eigenvalue weighted by Crippen LogP contribution is -2.20. The highest BCUT2D eigenvalue weighted by Gasteiger charge is 2.12. The molecule has 1 N–H and O–H groups in total. The summed E-state index contributed by atoms with van der Waals surface area (Å²) >= 11 is 0. The van der Waals surface area contributed by atoms with Gasteiger partial charge in [0.25, 0.3) is 0 Å². The molecule has 0 bridgehead atoms. The molecule has 0 aliphatic heterocycles. The lowest BCUT2D eigenvalue weighted by Gasteiger charge is -2.19. The second kappa shape index (κ2) is 8.64. The van der Waals surface area contributed by atoms with E-state index in [1.165, 1.54) is 5.56 Å². The minimum absolute atomic E-state index is 0.265. The number of rotatable bonds is 9. The van der Waals surface area contributed by atoms with Crippen molar-refractivity contribution in [1.82, 2.24) is 5.32 Å². The normalized spacial score (nSPS) is 12.0. The first-order chi connectivity index (χ1) is 9.58. The topological polar surface area (TPSA) is 30.5 Å². The number of ether oxygens (including phenoxy) is 2. The summed E-state index contributed by atoms with van der Waals surface area (Å²) in [6.07, 6.45) is 1.99. The fourth-order valence-electron chi connectivity index (χ4n) is 1.93. The van der Waals surface area contributed by atoms with Gasteiger partial charge in [-0.3, -0.25) is 0 Å². The highest BCUT2D eigenvalue weighted by atomic mass is 16.5. The molecule has 3 heteroatoms. The van der Waals surface area contributed by atoms with Crippen LogP contribution in [-0.4, -0.2) is 20.3 Å². The van der Waals surface area contributed by atoms with Crippen molar-refractivity contribution < 1.29 is 9.47 Å². The maximum absolute atomic E-state index is 5.91. The minimum atomic E-state index is 0.265. The third kappa shape index (κ3) is 5.25. The molecule has 0 heterocycles. The van der Waals surface area contributed by atoms with Gasteiger partial charge in [0.05, 0.1) is 13.7 Å². The Labute approximate surface area is 123 Å². The van der Waals surface area contributed by atoms with E-state index in [2.05, 4.69) is 31.8 Å². The second-order valence-electron chi connectivity index (χ2n) is 5.14. The highest BCUT2D eigenvalue weighted by Crippen LogP contribution is 2.29. The predicted molar refractivity (Wildman–Crippen MR) is 84.6 cm³/mol. The van der Waals surface area contributed by atoms with Gasteiger partial charge in [-0.15, -0.1) is 6.58 Å². The average molecular weight is 277 g/mol. The summed E-state index contributed by atoms with van der Waals surface area (Å²) in [6, 6.07) is 6.27. The summed E-state index contributed by atoms with van der Waals surface area (Å²) in [4.78, 5) is 0. The van der Waals surface area contributed by atoms with E-state index in [4.69, 9.17) is 9.47 Å². The van der Waals surface area contributed by atoms with E-state index in [1.807, 2.05) is 19.1 Å². The fourth-order valence-corrected chi connectivity index (χ4v) is 1.93. The van der Waals surface area contributed by atoms with E-state index in [0.717, 1.165) is 36.5 Å². The van der Waals surface area contributed by atoms with Crippen LogP contribution in [0.2, 0.25) is 0 Å². The summed E-state index contributed by atoms with van der Waals surface area (Å²) in [6.45, 7) is 11.9. The lowest BCUT2D eigenvalue weighted by molar-refractivity contribution is 0.312. The number of hydrogen-bond donors (Lipinski definition) is 1. The van der Waals surface area contributed by atoms with Gasteiger partial charge in [0.1, 0.15) is 11.5 Å². The average Bonchev–Trinajstić information content (AvgIpc) is 2.44. The fraction of sp³-hybridized carbons (Fsp3) is 0.529. The second-order valence-corrected chi connectivity index (χ2v) is 5.14. The van der Waals surface area contributed by atoms with Crippen LogP contribution in [0.4, 0.5) is 0 Å². The van der Waals surface area contributed by atoms with Crippen molar-refractivity contribution in [3.8, 4) is 11.5 Å². The van der Waals surface area contributed by atoms with Crippen LogP contribution in [0, 0.1) is 0 Å². The van der Waals surface area contributed by atoms with Crippen LogP contribution in [0.25, 0.3) is 0 Å². The molecule has 1 atom stereocenters. The van der Waals surface area contributed by atoms with Crippen LogP contribution in [0.1, 0.15) is 45.2 Å². The molecule has 0 aliphatic carbocycles. The quantitative estimate of drug-likeness (QED) is 0.689. The van der Waals surface area contributed by atoms with Crippen LogP contribution in [-0.2, 0) is 0 Å². The molecule has 0 aliphatic rings. The number of nitrogens with one attached hydrogen (secondary N) is 1. The van der Waals surface area contributed by atoms with Gasteiger partial charge in [-0.25, -0.2) is 0 Å². The molecular weight excluding hydrogens is 250 g/mol. The number of methoxy groups -OCH3 is 1. The monoisotopic (exact) mass is 277 g/mol. The molecular formula is C17H27NO2. The predicted octanol–water partition coefficient (Wildman–Crippen LogP) is 4.10. The van der Waals surface area contributed by atoms with E-state index in [-0.39, 0.29) is 6.04 Å². The lowest BCUT2D eigenvalue weighted by atomic mass is 10.1. The van der Waals surface area contributed by atoms with Gasteiger partial charge >= 0.3 is 0 Å². The van der Waals surface area contributed by atoms with Gasteiger partial charge in [0.15, 0.2) is 0 Å². The molecule has 0 fully saturated rings. The Kier molecular flexibility index (Phi) is 7.16. The molecule has 1 aromatic rings. The first-order valence-electron chi connectivity index (χ1n) is 7.27. The van der Waals surface area contributed by atoms with E-state index in [9.17, 15) is 0 Å². The molecule has 1 aromatic carbocycles. The summed E-state index contributed by atoms with van der Waals surface area (Å²) in [5.41, 5.74) is 2.30. The Hall–Kier alpha value is -1.48. The van der Waals surface area contributed by atoms with Crippen molar-refractivity contribution in [2.75, 3.05) is 20.3 Å². The summed E-state index contributed by atoms with van der Waals surface area (Å²) in [5.74, 6) is 1.71. The smallest absolute Gasteiger partial charge is 0.127 e. The highest BCUT2D eigenvalue weighted by molar-refractivity contribution is 5.42. The standard InChI is InChI=1S/C17H27NO2/c1-6-10-18-14(4)16-8-7-15(19-5)12-17(16)20-11-9-13(2)3/h7-8,12,14,18H,2,6,9-11H2,1,3-5H3. The molecule has 0 radical (unpaired) electrons. The molecule has 0 spiro atoms. The van der Waals surface area contributed by atoms with Crippen molar-refractivity contribution in [3.05, 3.63) is 35.9 Å². The Morgan fingerprint density at radius 1 is 1.40 bits per heavy atom. The van der Waals surface area contributed by atoms with Crippen LogP contribution in [0.3, 0.4) is 0 Å². The maximum Gasteiger partial charge on any atom is 0.127 e. The Morgan fingerprint density at radius 2 is 2.15 bits per heavy atom. The largest absolute Gasteiger partial charge is 0.497 e. The maximum atomic E-state index is 5.91. The van der Waals surface area contributed by atoms with Crippen molar-refractivity contribution >= 4 is 0 Å². The molecule has 1 unspecified atom stereocenters. The van der Waals surface area contributed by atoms with Crippen LogP contribution < -0.4 is 14.8 Å². The molecule has 20 heavy (non-hydrogen) atoms. The van der Waals surface area contributed by atoms with Gasteiger partial charge in [0.2, 0.25) is 0 Å². The molecule has 0 amide bonds. The Bertz CT molecular complexity index is 429. The Balaban J connectivity index is 2.82. The van der Waals surface area contributed by atoms with E-state index in [1.54, 1.807) is 7.11 Å². The van der Waals surface area contributed by atoms with Gasteiger partial charge in [-0.1, -0.05) is 18.6 Å². The summed E-state index contributed by atoms with van der Waals surface area (Å²) in [7, 11) is 1.67. The molecule has 0 saturated heterocycles. The number of hydrogen-bond acceptors (Lipinski definition) is 3. The summed E-state index contributed by atoms with van der Waals surface area (Å²) in [5, 5.41) is 3.49. The number of benzene rings is 1. The third-order valence-electron chi connectivity index (χ3n) is 3.17. The Morgan fingerprint density at radius 3 is 2.75 bits per heavy atom. The first kappa shape index (κ1) is 16.6. The SMILES string of the molecule is C=C(C)CCOc1cc(OC)ccc1C(C)NCCC. The van der Waals surface area contributed by atoms with Crippen LogP contribution in [0.15, 0.2) is 30.4 Å². The van der Waals surface area contributed by atoms with Crippen molar-refractivity contribution in [2.24, 2.45) is 0 Å². The minimum Gasteiger partial charge on any atom is -0.497 e. The van der Waals surface area contributed by atoms with Gasteiger partial charge < -0.3 is 14.8 Å². The zero-order valence-electron chi connectivity index (χ0n) is 13.2. The molecule has 0 aromatic heterocycles. The van der Waals surface area contributed by atoms with Gasteiger partial charge in [0, 0.05) is 24.1 Å². The van der Waals surface area contributed by atoms with Gasteiger partial charge in [-0.05, 0) is 32.9 Å². The van der Waals surface area contributed by atoms with E-state index >= 15 is 0 Å². The summed E-state index contributed by atoms with van der Waals surface area (Å²) < 4.78 is 11.2. The van der Waals surface area contributed by atoms with Gasteiger partial charge in [-0.2, -0.15) is 0 Å². The van der Waals surface area contributed by atoms with Crippen LogP contribution >= 0.6 is 0 Å².